The van der Waals surface area contributed by atoms with E-state index in [0.717, 1.165) is 34.2 Å². The third-order valence-corrected chi connectivity index (χ3v) is 28.4. The van der Waals surface area contributed by atoms with Gasteiger partial charge in [0.1, 0.15) is 30.8 Å². The smallest absolute Gasteiger partial charge is 0.108 e. The van der Waals surface area contributed by atoms with Crippen molar-refractivity contribution in [1.82, 2.24) is 24.9 Å². The van der Waals surface area contributed by atoms with Gasteiger partial charge in [0.2, 0.25) is 0 Å². The topological polar surface area (TPSA) is 96.8 Å². The lowest BCUT2D eigenvalue weighted by molar-refractivity contribution is 0.400. The van der Waals surface area contributed by atoms with Gasteiger partial charge in [-0.25, -0.2) is 0 Å². The third-order valence-electron chi connectivity index (χ3n) is 28.4. The number of anilines is 17. The van der Waals surface area contributed by atoms with Crippen LogP contribution in [0, 0.1) is 76.2 Å². The summed E-state index contributed by atoms with van der Waals surface area (Å²) in [7, 11) is 0. The number of hydrogen-bond donors (Lipinski definition) is 0. The van der Waals surface area contributed by atoms with Crippen LogP contribution in [0.25, 0.3) is 22.3 Å². The van der Waals surface area contributed by atoms with Gasteiger partial charge in [-0.05, 0) is 297 Å². The fourth-order valence-electron chi connectivity index (χ4n) is 22.5. The molecular formula is C117H133N15. The lowest BCUT2D eigenvalue weighted by atomic mass is 9.93. The Kier molecular flexibility index (Phi) is 26.8. The minimum atomic E-state index is 0.0464. The molecule has 0 N–H and O–H groups in total. The van der Waals surface area contributed by atoms with Gasteiger partial charge in [0.05, 0.1) is 120 Å². The van der Waals surface area contributed by atoms with Crippen LogP contribution in [-0.2, 0) is 0 Å². The molecule has 15 nitrogen and oxygen atoms in total. The van der Waals surface area contributed by atoms with E-state index in [1.54, 1.807) is 0 Å². The second kappa shape index (κ2) is 39.0. The first-order chi connectivity index (χ1) is 63.9. The van der Waals surface area contributed by atoms with Crippen LogP contribution in [0.5, 0.6) is 0 Å². The van der Waals surface area contributed by atoms with Crippen LogP contribution in [0.15, 0.2) is 280 Å². The van der Waals surface area contributed by atoms with Crippen molar-refractivity contribution in [1.29, 1.82) is 0 Å². The molecule has 7 aliphatic rings. The Bertz CT molecular complexity index is 6170. The number of fused-ring (bicyclic) bond motifs is 5. The standard InChI is InChI=1S/C35H33N3.C23H25N3.C21H27N3.C20H25N3.C18H23N3/c1-24(2)31-22-25(3)34(23-36-31)37-26(4)38(33-21-12-11-20-32(33)37)35-29(27-14-7-5-8-15-27)18-13-19-30(35)28-16-9-6-10-17-28;1-15-9-8-10-16(2)22(15)25-19(5)26(21-12-7-6-11-20(21)25)23-17(3)13-14-24-18(23)4;1-15-13-14-22-16(2)21(15)24-17(3)23(18-9-5-4-6-10-18)19-11-7-8-12-20(19)24;1-14-12-13-21-15(2)20(14)23-16(3)22(17-8-4-5-9-17)18-10-6-7-11-19(18)23;1-12(2)20-15(5)21(17-9-7-6-8-16(17)20)18-13(3)10-11-19-14(18)4/h5-24,26H,1-4H3;6-14,19H,1-5H3;7-8,11-14,17-18H,4-6,9-10H2,1-3H3;6-7,10-13,16-17H,4-5,8-9H2,1-3H3;6-12,15H,1-5H3/t26-;19-;17-;16-;15-/m01111/s1. The molecule has 9 aromatic carbocycles. The summed E-state index contributed by atoms with van der Waals surface area (Å²) >= 11 is 0. The summed E-state index contributed by atoms with van der Waals surface area (Å²) in [4.78, 5) is 48.1. The molecular weight excluding hydrogens is 1620 g/mol. The van der Waals surface area contributed by atoms with Crippen LogP contribution in [0.2, 0.25) is 0 Å². The van der Waals surface area contributed by atoms with E-state index in [1.807, 2.05) is 24.8 Å². The van der Waals surface area contributed by atoms with Crippen LogP contribution >= 0.6 is 0 Å². The molecule has 2 aliphatic carbocycles. The van der Waals surface area contributed by atoms with Gasteiger partial charge in [-0.3, -0.25) is 24.9 Å². The molecule has 0 unspecified atom stereocenters. The second-order valence-electron chi connectivity index (χ2n) is 37.7. The number of benzene rings is 9. The van der Waals surface area contributed by atoms with Gasteiger partial charge < -0.3 is 49.0 Å². The summed E-state index contributed by atoms with van der Waals surface area (Å²) in [6, 6.07) is 91.0. The highest BCUT2D eigenvalue weighted by molar-refractivity contribution is 6.00. The van der Waals surface area contributed by atoms with Gasteiger partial charge in [-0.1, -0.05) is 204 Å². The zero-order valence-corrected chi connectivity index (χ0v) is 81.3. The molecule has 5 atom stereocenters. The molecule has 0 saturated heterocycles. The Labute approximate surface area is 786 Å². The molecule has 21 rings (SSSR count). The first-order valence-corrected chi connectivity index (χ1v) is 48.2. The lowest BCUT2D eigenvalue weighted by Crippen LogP contribution is -2.46. The SMILES string of the molecule is Cc1cc(C(C)C)ncc1N1c2ccccc2N(c2c(-c3ccccc3)cccc2-c2ccccc2)[C@H]1C.Cc1cccc(C)c1N1c2ccccc2N(c2c(C)ccnc2C)[C@@H]1C.Cc1ccnc(C)c1N1c2ccccc2N(C(C)C)[C@H]1C.Cc1ccnc(C)c1N1c2ccccc2N(C2CCCC2)[C@H]1C.Cc1ccnc(C)c1N1c2ccccc2N(C2CCCCC2)[C@H]1C. The number of para-hydroxylation sites is 12. The molecule has 10 heterocycles. The van der Waals surface area contributed by atoms with Crippen molar-refractivity contribution >= 4 is 96.7 Å². The van der Waals surface area contributed by atoms with Crippen LogP contribution < -0.4 is 49.0 Å². The van der Waals surface area contributed by atoms with Gasteiger partial charge in [0.15, 0.2) is 0 Å². The van der Waals surface area contributed by atoms with E-state index in [2.05, 4.69) is 462 Å². The number of hydrogen-bond acceptors (Lipinski definition) is 15. The summed E-state index contributed by atoms with van der Waals surface area (Å²) in [6.07, 6.45) is 23.0. The Morgan fingerprint density at radius 2 is 0.545 bits per heavy atom. The van der Waals surface area contributed by atoms with Crippen molar-refractivity contribution in [2.45, 2.75) is 251 Å². The number of nitrogens with zero attached hydrogens (tertiary/aromatic N) is 15. The van der Waals surface area contributed by atoms with Crippen LogP contribution in [0.3, 0.4) is 0 Å². The van der Waals surface area contributed by atoms with E-state index in [4.69, 9.17) is 4.98 Å². The number of aryl methyl sites for hydroxylation is 11. The van der Waals surface area contributed by atoms with Crippen molar-refractivity contribution in [3.8, 4) is 22.3 Å². The Morgan fingerprint density at radius 3 is 0.917 bits per heavy atom. The minimum absolute atomic E-state index is 0.0464. The van der Waals surface area contributed by atoms with Gasteiger partial charge in [-0.2, -0.15) is 0 Å². The molecule has 5 aromatic heterocycles. The molecule has 676 valence electrons. The summed E-state index contributed by atoms with van der Waals surface area (Å²) in [5, 5.41) is 0. The zero-order valence-electron chi connectivity index (χ0n) is 81.3. The van der Waals surface area contributed by atoms with Crippen LogP contribution in [-0.4, -0.2) is 73.9 Å². The maximum absolute atomic E-state index is 4.86. The van der Waals surface area contributed by atoms with Crippen molar-refractivity contribution < 1.29 is 0 Å². The summed E-state index contributed by atoms with van der Waals surface area (Å²) < 4.78 is 0. The summed E-state index contributed by atoms with van der Waals surface area (Å²) in [6.45, 7) is 44.2. The third kappa shape index (κ3) is 17.2. The molecule has 15 heteroatoms. The van der Waals surface area contributed by atoms with Crippen molar-refractivity contribution in [2.24, 2.45) is 0 Å². The van der Waals surface area contributed by atoms with Crippen molar-refractivity contribution in [2.75, 3.05) is 49.0 Å². The quantitative estimate of drug-likeness (QED) is 0.109. The lowest BCUT2D eigenvalue weighted by Gasteiger charge is -2.38. The van der Waals surface area contributed by atoms with Gasteiger partial charge in [0.25, 0.3) is 0 Å². The molecule has 0 radical (unpaired) electrons. The summed E-state index contributed by atoms with van der Waals surface area (Å²) in [5.74, 6) is 0.397. The molecule has 2 saturated carbocycles. The monoisotopic (exact) mass is 1750 g/mol. The maximum Gasteiger partial charge on any atom is 0.108 e. The second-order valence-corrected chi connectivity index (χ2v) is 37.7. The number of aromatic nitrogens is 5. The van der Waals surface area contributed by atoms with Gasteiger partial charge >= 0.3 is 0 Å². The van der Waals surface area contributed by atoms with E-state index in [1.165, 1.54) is 210 Å². The fraction of sp³-hybridized carbons (Fsp3) is 0.325. The normalized spacial score (nSPS) is 17.7. The first-order valence-electron chi connectivity index (χ1n) is 48.2. The van der Waals surface area contributed by atoms with E-state index in [9.17, 15) is 0 Å². The first kappa shape index (κ1) is 90.7. The number of rotatable bonds is 13. The zero-order chi connectivity index (χ0) is 92.4. The van der Waals surface area contributed by atoms with Crippen molar-refractivity contribution in [3.63, 3.8) is 0 Å². The highest BCUT2D eigenvalue weighted by Gasteiger charge is 2.45. The average Bonchev–Trinajstić information content (AvgIpc) is 1.57. The Hall–Kier alpha value is -13.3. The molecule has 0 bridgehead atoms. The maximum atomic E-state index is 4.86. The highest BCUT2D eigenvalue weighted by Crippen LogP contribution is 2.57. The largest absolute Gasteiger partial charge is 0.347 e. The molecule has 5 aliphatic heterocycles. The van der Waals surface area contributed by atoms with Gasteiger partial charge in [-0.15, -0.1) is 0 Å². The average molecular weight is 1750 g/mol. The predicted octanol–water partition coefficient (Wildman–Crippen LogP) is 30.1. The van der Waals surface area contributed by atoms with Crippen LogP contribution in [0.1, 0.15) is 193 Å². The van der Waals surface area contributed by atoms with Crippen molar-refractivity contribution in [3.05, 3.63) is 347 Å². The minimum Gasteiger partial charge on any atom is -0.347 e. The Morgan fingerprint density at radius 1 is 0.250 bits per heavy atom. The molecule has 2 fully saturated rings. The van der Waals surface area contributed by atoms with E-state index < -0.39 is 0 Å². The van der Waals surface area contributed by atoms with E-state index in [0.29, 0.717) is 42.5 Å². The molecule has 0 spiro atoms. The molecule has 0 amide bonds. The van der Waals surface area contributed by atoms with Crippen LogP contribution in [0.4, 0.5) is 96.7 Å². The van der Waals surface area contributed by atoms with E-state index in [-0.39, 0.29) is 12.3 Å². The van der Waals surface area contributed by atoms with E-state index >= 15 is 0 Å². The Balaban J connectivity index is 0.000000117. The van der Waals surface area contributed by atoms with Gasteiger partial charge in [0, 0.05) is 65.4 Å². The molecule has 132 heavy (non-hydrogen) atoms. The fourth-order valence-corrected chi connectivity index (χ4v) is 22.5. The highest BCUT2D eigenvalue weighted by atomic mass is 15.5. The summed E-state index contributed by atoms with van der Waals surface area (Å²) in [5.41, 5.74) is 40.9. The molecule has 14 aromatic rings. The number of pyridine rings is 5. The predicted molar refractivity (Wildman–Crippen MR) is 557 cm³/mol.